The summed E-state index contributed by atoms with van der Waals surface area (Å²) in [6.45, 7) is 0.518. The lowest BCUT2D eigenvalue weighted by Gasteiger charge is -2.05. The summed E-state index contributed by atoms with van der Waals surface area (Å²) in [4.78, 5) is 19.4. The molecule has 6 heteroatoms. The number of hydrogen-bond acceptors (Lipinski definition) is 3. The third-order valence-corrected chi connectivity index (χ3v) is 3.12. The third-order valence-electron chi connectivity index (χ3n) is 3.12. The van der Waals surface area contributed by atoms with E-state index in [0.29, 0.717) is 18.5 Å². The van der Waals surface area contributed by atoms with Gasteiger partial charge in [0.2, 0.25) is 0 Å². The molecule has 0 fully saturated rings. The van der Waals surface area contributed by atoms with Gasteiger partial charge in [0, 0.05) is 42.7 Å². The second kappa shape index (κ2) is 5.16. The van der Waals surface area contributed by atoms with E-state index in [4.69, 9.17) is 0 Å². The number of fused-ring (bicyclic) bond motifs is 1. The molecule has 2 N–H and O–H groups in total. The smallest absolute Gasteiger partial charge is 0.251 e. The van der Waals surface area contributed by atoms with Gasteiger partial charge in [-0.05, 0) is 18.2 Å². The molecule has 0 aliphatic heterocycles. The number of aromatic amines is 1. The maximum Gasteiger partial charge on any atom is 0.251 e. The van der Waals surface area contributed by atoms with Gasteiger partial charge in [0.15, 0.2) is 5.82 Å². The van der Waals surface area contributed by atoms with Crippen LogP contribution in [-0.2, 0) is 13.5 Å². The van der Waals surface area contributed by atoms with Crippen molar-refractivity contribution in [3.8, 4) is 0 Å². The van der Waals surface area contributed by atoms with Crippen LogP contribution in [0.5, 0.6) is 0 Å². The number of carbonyl (C=O) groups excluding carboxylic acids is 1. The molecule has 1 amide bonds. The topological polar surface area (TPSA) is 75.6 Å². The van der Waals surface area contributed by atoms with Crippen LogP contribution in [0, 0.1) is 0 Å². The zero-order valence-electron chi connectivity index (χ0n) is 11.1. The van der Waals surface area contributed by atoms with Gasteiger partial charge in [-0.2, -0.15) is 5.10 Å². The zero-order chi connectivity index (χ0) is 13.9. The Hall–Kier alpha value is -2.63. The number of aromatic nitrogens is 4. The van der Waals surface area contributed by atoms with E-state index in [1.807, 2.05) is 37.5 Å². The van der Waals surface area contributed by atoms with E-state index in [0.717, 1.165) is 16.7 Å². The molecule has 6 nitrogen and oxygen atoms in total. The molecular weight excluding hydrogens is 254 g/mol. The van der Waals surface area contributed by atoms with E-state index < -0.39 is 0 Å². The van der Waals surface area contributed by atoms with E-state index in [-0.39, 0.29) is 5.91 Å². The van der Waals surface area contributed by atoms with E-state index in [1.165, 1.54) is 0 Å². The SMILES string of the molecule is Cn1cnc(CCNC(=O)c2cccc3[nH]ccc23)n1. The van der Waals surface area contributed by atoms with Crippen LogP contribution in [0.3, 0.4) is 0 Å². The highest BCUT2D eigenvalue weighted by atomic mass is 16.1. The first kappa shape index (κ1) is 12.4. The summed E-state index contributed by atoms with van der Waals surface area (Å²) < 4.78 is 1.65. The lowest BCUT2D eigenvalue weighted by molar-refractivity contribution is 0.0955. The molecule has 0 saturated carbocycles. The molecule has 1 aromatic carbocycles. The Morgan fingerprint density at radius 2 is 2.30 bits per heavy atom. The molecule has 0 aliphatic rings. The lowest BCUT2D eigenvalue weighted by Crippen LogP contribution is -2.26. The number of nitrogens with zero attached hydrogens (tertiary/aromatic N) is 3. The minimum absolute atomic E-state index is 0.0777. The quantitative estimate of drug-likeness (QED) is 0.749. The van der Waals surface area contributed by atoms with Crippen molar-refractivity contribution in [2.75, 3.05) is 6.54 Å². The lowest BCUT2D eigenvalue weighted by atomic mass is 10.1. The standard InChI is InChI=1S/C14H15N5O/c1-19-9-17-13(18-19)6-8-16-14(20)11-3-2-4-12-10(11)5-7-15-12/h2-5,7,9,15H,6,8H2,1H3,(H,16,20). The molecule has 3 rings (SSSR count). The number of amides is 1. The van der Waals surface area contributed by atoms with Crippen LogP contribution in [-0.4, -0.2) is 32.2 Å². The Morgan fingerprint density at radius 3 is 3.10 bits per heavy atom. The van der Waals surface area contributed by atoms with E-state index in [1.54, 1.807) is 11.0 Å². The van der Waals surface area contributed by atoms with Crippen LogP contribution in [0.2, 0.25) is 0 Å². The number of H-pyrrole nitrogens is 1. The monoisotopic (exact) mass is 269 g/mol. The molecule has 0 spiro atoms. The van der Waals surface area contributed by atoms with E-state index in [9.17, 15) is 4.79 Å². The number of rotatable bonds is 4. The minimum Gasteiger partial charge on any atom is -0.361 e. The van der Waals surface area contributed by atoms with Crippen molar-refractivity contribution in [1.82, 2.24) is 25.1 Å². The zero-order valence-corrected chi connectivity index (χ0v) is 11.1. The van der Waals surface area contributed by atoms with Crippen LogP contribution in [0.25, 0.3) is 10.9 Å². The van der Waals surface area contributed by atoms with Gasteiger partial charge in [0.1, 0.15) is 6.33 Å². The van der Waals surface area contributed by atoms with Gasteiger partial charge in [-0.25, -0.2) is 4.98 Å². The van der Waals surface area contributed by atoms with Crippen molar-refractivity contribution in [2.45, 2.75) is 6.42 Å². The summed E-state index contributed by atoms with van der Waals surface area (Å²) >= 11 is 0. The molecule has 2 heterocycles. The molecule has 2 aromatic heterocycles. The largest absolute Gasteiger partial charge is 0.361 e. The Kier molecular flexibility index (Phi) is 3.20. The van der Waals surface area contributed by atoms with Crippen molar-refractivity contribution < 1.29 is 4.79 Å². The number of nitrogens with one attached hydrogen (secondary N) is 2. The van der Waals surface area contributed by atoms with E-state index >= 15 is 0 Å². The number of benzene rings is 1. The van der Waals surface area contributed by atoms with Crippen molar-refractivity contribution >= 4 is 16.8 Å². The van der Waals surface area contributed by atoms with Crippen LogP contribution in [0.1, 0.15) is 16.2 Å². The maximum atomic E-state index is 12.2. The molecule has 3 aromatic rings. The summed E-state index contributed by atoms with van der Waals surface area (Å²) in [5.41, 5.74) is 1.64. The summed E-state index contributed by atoms with van der Waals surface area (Å²) in [5.74, 6) is 0.652. The second-order valence-corrected chi connectivity index (χ2v) is 4.58. The molecule has 20 heavy (non-hydrogen) atoms. The van der Waals surface area contributed by atoms with Gasteiger partial charge in [0.25, 0.3) is 5.91 Å². The van der Waals surface area contributed by atoms with Crippen LogP contribution in [0.15, 0.2) is 36.8 Å². The summed E-state index contributed by atoms with van der Waals surface area (Å²) in [5, 5.41) is 8.00. The Morgan fingerprint density at radius 1 is 1.40 bits per heavy atom. The second-order valence-electron chi connectivity index (χ2n) is 4.58. The average molecular weight is 269 g/mol. The molecule has 0 aliphatic carbocycles. The van der Waals surface area contributed by atoms with Crippen molar-refractivity contribution in [3.63, 3.8) is 0 Å². The predicted octanol–water partition coefficient (Wildman–Crippen LogP) is 1.27. The molecular formula is C14H15N5O. The van der Waals surface area contributed by atoms with Gasteiger partial charge >= 0.3 is 0 Å². The van der Waals surface area contributed by atoms with Crippen LogP contribution in [0.4, 0.5) is 0 Å². The minimum atomic E-state index is -0.0777. The summed E-state index contributed by atoms with van der Waals surface area (Å²) in [6.07, 6.45) is 4.10. The first-order valence-corrected chi connectivity index (χ1v) is 6.43. The highest BCUT2D eigenvalue weighted by molar-refractivity contribution is 6.06. The Bertz CT molecular complexity index is 743. The molecule has 102 valence electrons. The molecule has 0 bridgehead atoms. The van der Waals surface area contributed by atoms with Gasteiger partial charge < -0.3 is 10.3 Å². The first-order chi connectivity index (χ1) is 9.74. The van der Waals surface area contributed by atoms with Gasteiger partial charge in [0.05, 0.1) is 0 Å². The van der Waals surface area contributed by atoms with Crippen molar-refractivity contribution in [3.05, 3.63) is 48.2 Å². The Balaban J connectivity index is 1.66. The fourth-order valence-electron chi connectivity index (χ4n) is 2.16. The number of carbonyl (C=O) groups is 1. The fourth-order valence-corrected chi connectivity index (χ4v) is 2.16. The van der Waals surface area contributed by atoms with Gasteiger partial charge in [-0.1, -0.05) is 6.07 Å². The highest BCUT2D eigenvalue weighted by Gasteiger charge is 2.10. The first-order valence-electron chi connectivity index (χ1n) is 6.43. The summed E-state index contributed by atoms with van der Waals surface area (Å²) in [7, 11) is 1.82. The molecule has 0 atom stereocenters. The molecule has 0 radical (unpaired) electrons. The van der Waals surface area contributed by atoms with Crippen molar-refractivity contribution in [2.24, 2.45) is 7.05 Å². The van der Waals surface area contributed by atoms with Crippen molar-refractivity contribution in [1.29, 1.82) is 0 Å². The normalized spacial score (nSPS) is 10.8. The maximum absolute atomic E-state index is 12.2. The third kappa shape index (κ3) is 2.40. The molecule has 0 saturated heterocycles. The van der Waals surface area contributed by atoms with Gasteiger partial charge in [-0.15, -0.1) is 0 Å². The predicted molar refractivity (Wildman–Crippen MR) is 75.3 cm³/mol. The van der Waals surface area contributed by atoms with Crippen LogP contribution >= 0.6 is 0 Å². The van der Waals surface area contributed by atoms with E-state index in [2.05, 4.69) is 20.4 Å². The average Bonchev–Trinajstić information content (AvgIpc) is 3.06. The van der Waals surface area contributed by atoms with Gasteiger partial charge in [-0.3, -0.25) is 9.48 Å². The Labute approximate surface area is 115 Å². The van der Waals surface area contributed by atoms with Crippen LogP contribution < -0.4 is 5.32 Å². The fraction of sp³-hybridized carbons (Fsp3) is 0.214. The number of aryl methyl sites for hydroxylation is 1. The summed E-state index contributed by atoms with van der Waals surface area (Å²) in [6, 6.07) is 7.55. The highest BCUT2D eigenvalue weighted by Crippen LogP contribution is 2.16. The molecule has 0 unspecified atom stereocenters. The number of hydrogen-bond donors (Lipinski definition) is 2.